The van der Waals surface area contributed by atoms with Gasteiger partial charge in [-0.25, -0.2) is 0 Å². The minimum absolute atomic E-state index is 0.351. The van der Waals surface area contributed by atoms with Gasteiger partial charge in [0.25, 0.3) is 0 Å². The summed E-state index contributed by atoms with van der Waals surface area (Å²) in [6.45, 7) is 0. The van der Waals surface area contributed by atoms with Crippen molar-refractivity contribution in [1.29, 1.82) is 10.5 Å². The van der Waals surface area contributed by atoms with Gasteiger partial charge in [-0.2, -0.15) is 10.5 Å². The van der Waals surface area contributed by atoms with Crippen LogP contribution in [0.25, 0.3) is 49.7 Å². The van der Waals surface area contributed by atoms with E-state index >= 15 is 0 Å². The minimum atomic E-state index is -0.522. The first-order chi connectivity index (χ1) is 27.2. The fourth-order valence-corrected chi connectivity index (χ4v) is 9.37. The number of nitriles is 2. The van der Waals surface area contributed by atoms with E-state index in [-0.39, 0.29) is 0 Å². The quantitative estimate of drug-likeness (QED) is 0.184. The van der Waals surface area contributed by atoms with Gasteiger partial charge in [-0.1, -0.05) is 109 Å². The number of rotatable bonds is 3. The summed E-state index contributed by atoms with van der Waals surface area (Å²) in [4.78, 5) is 6.90. The Bertz CT molecular complexity index is 3010. The van der Waals surface area contributed by atoms with E-state index in [2.05, 4.69) is 172 Å². The number of hydrogen-bond donors (Lipinski definition) is 0. The van der Waals surface area contributed by atoms with Crippen LogP contribution in [0.2, 0.25) is 0 Å². The first-order valence-electron chi connectivity index (χ1n) is 18.3. The molecule has 254 valence electrons. The highest BCUT2D eigenvalue weighted by atomic mass is 15.2. The Morgan fingerprint density at radius 1 is 0.473 bits per heavy atom. The maximum atomic E-state index is 10.1. The molecule has 0 atom stereocenters. The first-order valence-corrected chi connectivity index (χ1v) is 18.3. The average Bonchev–Trinajstić information content (AvgIpc) is 3.75. The second kappa shape index (κ2) is 11.6. The van der Waals surface area contributed by atoms with Crippen LogP contribution in [0.3, 0.4) is 0 Å². The third-order valence-corrected chi connectivity index (χ3v) is 11.5. The van der Waals surface area contributed by atoms with Crippen LogP contribution in [0.5, 0.6) is 0 Å². The van der Waals surface area contributed by atoms with Crippen LogP contribution in [-0.4, -0.2) is 9.55 Å². The highest BCUT2D eigenvalue weighted by molar-refractivity contribution is 6.09. The predicted molar refractivity (Wildman–Crippen MR) is 219 cm³/mol. The Kier molecular flexibility index (Phi) is 6.53. The van der Waals surface area contributed by atoms with Gasteiger partial charge >= 0.3 is 0 Å². The van der Waals surface area contributed by atoms with Crippen molar-refractivity contribution < 1.29 is 0 Å². The lowest BCUT2D eigenvalue weighted by Gasteiger charge is -2.45. The summed E-state index contributed by atoms with van der Waals surface area (Å²) in [6, 6.07) is 62.5. The Labute approximate surface area is 317 Å². The van der Waals surface area contributed by atoms with Crippen LogP contribution in [-0.2, 0) is 5.41 Å². The number of aromatic nitrogens is 2. The van der Waals surface area contributed by atoms with E-state index in [9.17, 15) is 10.5 Å². The lowest BCUT2D eigenvalue weighted by Crippen LogP contribution is -2.36. The van der Waals surface area contributed by atoms with Gasteiger partial charge in [-0.05, 0) is 99.1 Å². The number of benzene rings is 7. The molecule has 5 heteroatoms. The maximum Gasteiger partial charge on any atom is 0.101 e. The zero-order valence-electron chi connectivity index (χ0n) is 29.5. The Hall–Kier alpha value is -7.73. The zero-order chi connectivity index (χ0) is 36.7. The third-order valence-electron chi connectivity index (χ3n) is 11.5. The van der Waals surface area contributed by atoms with Gasteiger partial charge in [0, 0.05) is 34.5 Å². The Balaban J connectivity index is 1.23. The number of para-hydroxylation sites is 3. The highest BCUT2D eigenvalue weighted by Crippen LogP contribution is 2.63. The van der Waals surface area contributed by atoms with Crippen LogP contribution >= 0.6 is 0 Å². The van der Waals surface area contributed by atoms with E-state index < -0.39 is 5.41 Å². The monoisotopic (exact) mass is 699 g/mol. The van der Waals surface area contributed by atoms with E-state index in [1.807, 2.05) is 24.5 Å². The first kappa shape index (κ1) is 30.9. The van der Waals surface area contributed by atoms with Crippen LogP contribution < -0.4 is 4.90 Å². The second-order valence-corrected chi connectivity index (χ2v) is 14.2. The van der Waals surface area contributed by atoms with E-state index in [4.69, 9.17) is 0 Å². The summed E-state index contributed by atoms with van der Waals surface area (Å²) in [5.74, 6) is 0. The molecule has 0 saturated heterocycles. The molecule has 5 nitrogen and oxygen atoms in total. The number of hydrogen-bond acceptors (Lipinski definition) is 4. The van der Waals surface area contributed by atoms with E-state index in [0.717, 1.165) is 55.7 Å². The average molecular weight is 700 g/mol. The van der Waals surface area contributed by atoms with Crippen molar-refractivity contribution >= 4 is 38.9 Å². The molecule has 1 spiro atoms. The molecule has 1 aliphatic heterocycles. The van der Waals surface area contributed by atoms with Crippen LogP contribution in [0.15, 0.2) is 176 Å². The topological polar surface area (TPSA) is 68.6 Å². The van der Waals surface area contributed by atoms with Crippen LogP contribution in [0.1, 0.15) is 33.4 Å². The van der Waals surface area contributed by atoms with Crippen molar-refractivity contribution in [1.82, 2.24) is 9.55 Å². The minimum Gasteiger partial charge on any atom is -0.310 e. The van der Waals surface area contributed by atoms with Gasteiger partial charge in [0.05, 0.1) is 39.0 Å². The molecule has 2 aliphatic rings. The summed E-state index contributed by atoms with van der Waals surface area (Å²) in [5.41, 5.74) is 15.8. The van der Waals surface area contributed by atoms with Gasteiger partial charge in [-0.3, -0.25) is 4.98 Å². The molecule has 0 unspecified atom stereocenters. The molecular formula is C50H29N5. The Morgan fingerprint density at radius 2 is 1.05 bits per heavy atom. The maximum absolute atomic E-state index is 10.1. The largest absolute Gasteiger partial charge is 0.310 e. The molecule has 11 rings (SSSR count). The van der Waals surface area contributed by atoms with E-state index in [0.29, 0.717) is 11.1 Å². The molecule has 2 aromatic heterocycles. The standard InChI is InChI=1S/C50H29N5/c51-29-33-22-21-32(25-35(33)30-52)34-26-36(54-46-18-8-3-13-40(46)41-31-53-24-23-47(41)54)28-37(27-34)55-48-19-9-6-16-44(48)50(45-17-7-10-20-49(45)55)42-14-4-1-11-38(42)39-12-2-5-15-43(39)50/h1-28,31H. The van der Waals surface area contributed by atoms with Gasteiger partial charge < -0.3 is 9.47 Å². The third kappa shape index (κ3) is 4.18. The van der Waals surface area contributed by atoms with Gasteiger partial charge in [0.15, 0.2) is 0 Å². The summed E-state index contributed by atoms with van der Waals surface area (Å²) in [5, 5.41) is 22.0. The Morgan fingerprint density at radius 3 is 1.75 bits per heavy atom. The van der Waals surface area contributed by atoms with Gasteiger partial charge in [0.1, 0.15) is 12.1 Å². The van der Waals surface area contributed by atoms with Gasteiger partial charge in [-0.15, -0.1) is 0 Å². The summed E-state index contributed by atoms with van der Waals surface area (Å²) >= 11 is 0. The van der Waals surface area contributed by atoms with Gasteiger partial charge in [0.2, 0.25) is 0 Å². The molecule has 1 aliphatic carbocycles. The van der Waals surface area contributed by atoms with Crippen molar-refractivity contribution in [2.75, 3.05) is 4.90 Å². The molecule has 0 bridgehead atoms. The number of fused-ring (bicyclic) bond motifs is 12. The zero-order valence-corrected chi connectivity index (χ0v) is 29.5. The molecule has 0 saturated carbocycles. The number of pyridine rings is 1. The molecule has 0 fully saturated rings. The lowest BCUT2D eigenvalue weighted by atomic mass is 9.64. The number of anilines is 3. The predicted octanol–water partition coefficient (Wildman–Crippen LogP) is 11.7. The molecule has 3 heterocycles. The molecule has 0 amide bonds. The van der Waals surface area contributed by atoms with Crippen molar-refractivity contribution in [3.05, 3.63) is 210 Å². The van der Waals surface area contributed by atoms with Crippen LogP contribution in [0, 0.1) is 22.7 Å². The van der Waals surface area contributed by atoms with Crippen molar-refractivity contribution in [2.45, 2.75) is 5.41 Å². The van der Waals surface area contributed by atoms with E-state index in [1.165, 1.54) is 33.4 Å². The normalized spacial score (nSPS) is 13.2. The molecule has 0 radical (unpaired) electrons. The molecule has 0 N–H and O–H groups in total. The fraction of sp³-hybridized carbons (Fsp3) is 0.0200. The second-order valence-electron chi connectivity index (χ2n) is 14.2. The molecule has 9 aromatic rings. The van der Waals surface area contributed by atoms with Crippen molar-refractivity contribution in [3.63, 3.8) is 0 Å². The summed E-state index contributed by atoms with van der Waals surface area (Å²) < 4.78 is 2.31. The lowest BCUT2D eigenvalue weighted by molar-refractivity contribution is 0.752. The van der Waals surface area contributed by atoms with Crippen LogP contribution in [0.4, 0.5) is 17.1 Å². The molecule has 7 aromatic carbocycles. The smallest absolute Gasteiger partial charge is 0.101 e. The van der Waals surface area contributed by atoms with E-state index in [1.54, 1.807) is 6.07 Å². The van der Waals surface area contributed by atoms with Crippen molar-refractivity contribution in [2.24, 2.45) is 0 Å². The molecule has 55 heavy (non-hydrogen) atoms. The molecular weight excluding hydrogens is 671 g/mol. The summed E-state index contributed by atoms with van der Waals surface area (Å²) in [6.07, 6.45) is 3.78. The fourth-order valence-electron chi connectivity index (χ4n) is 9.37. The van der Waals surface area contributed by atoms with Crippen molar-refractivity contribution in [3.8, 4) is 40.1 Å². The number of nitrogens with zero attached hydrogens (tertiary/aromatic N) is 5. The summed E-state index contributed by atoms with van der Waals surface area (Å²) in [7, 11) is 0. The highest BCUT2D eigenvalue weighted by Gasteiger charge is 2.51. The SMILES string of the molecule is N#Cc1ccc(-c2cc(N3c4ccccc4C4(c5ccccc5-c5ccccc54)c4ccccc43)cc(-n3c4ccccc4c4cnccc43)c2)cc1C#N.